The molecule has 1 aromatic rings. The number of quaternary nitrogens is 1. The molecule has 0 aliphatic rings. The van der Waals surface area contributed by atoms with Crippen LogP contribution in [-0.2, 0) is 15.8 Å². The molecule has 0 aliphatic carbocycles. The maximum absolute atomic E-state index is 12.8. The Balaban J connectivity index is 2.59. The highest BCUT2D eigenvalue weighted by Gasteiger charge is 2.33. The smallest absolute Gasteiger partial charge is 0.351 e. The van der Waals surface area contributed by atoms with E-state index in [1.54, 1.807) is 7.05 Å². The van der Waals surface area contributed by atoms with Gasteiger partial charge in [0, 0.05) is 6.54 Å². The van der Waals surface area contributed by atoms with Crippen molar-refractivity contribution in [2.45, 2.75) is 19.5 Å². The third-order valence-corrected chi connectivity index (χ3v) is 3.00. The van der Waals surface area contributed by atoms with Gasteiger partial charge in [0.2, 0.25) is 0 Å². The van der Waals surface area contributed by atoms with E-state index in [1.165, 1.54) is 18.2 Å². The number of hydrogen-bond acceptors (Lipinski definition) is 2. The molecule has 128 valence electrons. The molecule has 0 saturated carbocycles. The summed E-state index contributed by atoms with van der Waals surface area (Å²) in [4.78, 5) is 24.0. The highest BCUT2D eigenvalue weighted by atomic mass is 19.4. The van der Waals surface area contributed by atoms with Crippen molar-refractivity contribution >= 4 is 17.5 Å². The fraction of sp³-hybridized carbons (Fsp3) is 0.467. The second-order valence-corrected chi connectivity index (χ2v) is 5.25. The predicted molar refractivity (Wildman–Crippen MR) is 80.0 cm³/mol. The van der Waals surface area contributed by atoms with Gasteiger partial charge in [-0.05, 0) is 18.6 Å². The minimum atomic E-state index is -4.54. The van der Waals surface area contributed by atoms with E-state index in [0.29, 0.717) is 11.4 Å². The number of para-hydroxylation sites is 1. The van der Waals surface area contributed by atoms with Crippen molar-refractivity contribution in [3.8, 4) is 0 Å². The number of hydrogen-bond donors (Lipinski definition) is 3. The van der Waals surface area contributed by atoms with Gasteiger partial charge in [-0.1, -0.05) is 19.1 Å². The largest absolute Gasteiger partial charge is 0.418 e. The third kappa shape index (κ3) is 6.68. The van der Waals surface area contributed by atoms with Gasteiger partial charge in [-0.2, -0.15) is 13.2 Å². The van der Waals surface area contributed by atoms with Crippen LogP contribution in [0, 0.1) is 0 Å². The van der Waals surface area contributed by atoms with Crippen LogP contribution in [0.3, 0.4) is 0 Å². The van der Waals surface area contributed by atoms with E-state index >= 15 is 0 Å². The topological polar surface area (TPSA) is 62.6 Å². The van der Waals surface area contributed by atoms with Crippen molar-refractivity contribution in [2.75, 3.05) is 32.0 Å². The van der Waals surface area contributed by atoms with Gasteiger partial charge in [0.15, 0.2) is 13.1 Å². The zero-order valence-electron chi connectivity index (χ0n) is 13.1. The molecule has 0 saturated heterocycles. The normalized spacial score (nSPS) is 12.6. The first-order chi connectivity index (χ1) is 10.7. The lowest BCUT2D eigenvalue weighted by Crippen LogP contribution is -3.11. The highest BCUT2D eigenvalue weighted by Crippen LogP contribution is 2.34. The molecule has 0 bridgehead atoms. The molecule has 1 unspecified atom stereocenters. The summed E-state index contributed by atoms with van der Waals surface area (Å²) in [5.41, 5.74) is -1.18. The Morgan fingerprint density at radius 1 is 1.13 bits per heavy atom. The molecule has 23 heavy (non-hydrogen) atoms. The summed E-state index contributed by atoms with van der Waals surface area (Å²) < 4.78 is 38.5. The van der Waals surface area contributed by atoms with E-state index in [9.17, 15) is 22.8 Å². The predicted octanol–water partition coefficient (Wildman–Crippen LogP) is 0.685. The Hall–Kier alpha value is -2.09. The quantitative estimate of drug-likeness (QED) is 0.688. The zero-order chi connectivity index (χ0) is 17.5. The van der Waals surface area contributed by atoms with Crippen molar-refractivity contribution < 1.29 is 27.7 Å². The van der Waals surface area contributed by atoms with Gasteiger partial charge in [-0.25, -0.2) is 0 Å². The molecule has 0 radical (unpaired) electrons. The van der Waals surface area contributed by atoms with Crippen LogP contribution in [0.5, 0.6) is 0 Å². The molecule has 2 amide bonds. The van der Waals surface area contributed by atoms with Crippen molar-refractivity contribution in [1.82, 2.24) is 5.32 Å². The Labute approximate surface area is 132 Å². The van der Waals surface area contributed by atoms with Gasteiger partial charge in [0.25, 0.3) is 11.8 Å². The lowest BCUT2D eigenvalue weighted by Gasteiger charge is -2.16. The first-order valence-corrected chi connectivity index (χ1v) is 7.28. The van der Waals surface area contributed by atoms with Crippen LogP contribution >= 0.6 is 0 Å². The van der Waals surface area contributed by atoms with Gasteiger partial charge in [-0.3, -0.25) is 9.59 Å². The van der Waals surface area contributed by atoms with Crippen LogP contribution in [0.1, 0.15) is 18.9 Å². The maximum Gasteiger partial charge on any atom is 0.418 e. The van der Waals surface area contributed by atoms with Crippen LogP contribution in [0.4, 0.5) is 18.9 Å². The summed E-state index contributed by atoms with van der Waals surface area (Å²) >= 11 is 0. The molecule has 0 spiro atoms. The van der Waals surface area contributed by atoms with E-state index in [0.717, 1.165) is 12.5 Å². The molecule has 5 nitrogen and oxygen atoms in total. The maximum atomic E-state index is 12.8. The molecule has 1 aromatic carbocycles. The molecule has 1 atom stereocenters. The van der Waals surface area contributed by atoms with E-state index in [1.807, 2.05) is 6.92 Å². The van der Waals surface area contributed by atoms with Gasteiger partial charge in [0.1, 0.15) is 0 Å². The van der Waals surface area contributed by atoms with Gasteiger partial charge < -0.3 is 15.5 Å². The SMILES string of the molecule is CCCNC(=O)C[NH+](C)CC(=O)Nc1ccccc1C(F)(F)F. The molecule has 0 heterocycles. The Bertz CT molecular complexity index is 547. The third-order valence-electron chi connectivity index (χ3n) is 3.00. The molecule has 0 aliphatic heterocycles. The molecule has 0 aromatic heterocycles. The number of carbonyl (C=O) groups excluding carboxylic acids is 2. The summed E-state index contributed by atoms with van der Waals surface area (Å²) in [6.45, 7) is 2.44. The average molecular weight is 332 g/mol. The number of benzene rings is 1. The zero-order valence-corrected chi connectivity index (χ0v) is 13.1. The number of halogens is 3. The van der Waals surface area contributed by atoms with Crippen molar-refractivity contribution in [2.24, 2.45) is 0 Å². The lowest BCUT2D eigenvalue weighted by molar-refractivity contribution is -0.862. The minimum absolute atomic E-state index is 0.0777. The van der Waals surface area contributed by atoms with E-state index < -0.39 is 17.6 Å². The van der Waals surface area contributed by atoms with E-state index in [2.05, 4.69) is 10.6 Å². The lowest BCUT2D eigenvalue weighted by atomic mass is 10.1. The fourth-order valence-corrected chi connectivity index (χ4v) is 1.97. The summed E-state index contributed by atoms with van der Waals surface area (Å²) in [6, 6.07) is 4.78. The summed E-state index contributed by atoms with van der Waals surface area (Å²) in [7, 11) is 1.63. The van der Waals surface area contributed by atoms with Gasteiger partial charge in [-0.15, -0.1) is 0 Å². The molecular weight excluding hydrogens is 311 g/mol. The van der Waals surface area contributed by atoms with Gasteiger partial charge in [0.05, 0.1) is 18.3 Å². The van der Waals surface area contributed by atoms with Crippen molar-refractivity contribution in [3.05, 3.63) is 29.8 Å². The summed E-state index contributed by atoms with van der Waals surface area (Å²) in [5, 5.41) is 4.93. The molecule has 3 N–H and O–H groups in total. The van der Waals surface area contributed by atoms with Gasteiger partial charge >= 0.3 is 6.18 Å². The summed E-state index contributed by atoms with van der Waals surface area (Å²) in [5.74, 6) is -0.782. The standard InChI is InChI=1S/C15H20F3N3O2/c1-3-8-19-13(22)9-21(2)10-14(23)20-12-7-5-4-6-11(12)15(16,17)18/h4-7H,3,8-10H2,1-2H3,(H,19,22)(H,20,23)/p+1. The average Bonchev–Trinajstić information content (AvgIpc) is 2.44. The van der Waals surface area contributed by atoms with Crippen LogP contribution in [0.25, 0.3) is 0 Å². The Kier molecular flexibility index (Phi) is 7.02. The number of alkyl halides is 3. The van der Waals surface area contributed by atoms with Crippen LogP contribution in [0.15, 0.2) is 24.3 Å². The number of nitrogens with one attached hydrogen (secondary N) is 3. The highest BCUT2D eigenvalue weighted by molar-refractivity contribution is 5.92. The number of likely N-dealkylation sites (N-methyl/N-ethyl adjacent to an activating group) is 1. The second-order valence-electron chi connectivity index (χ2n) is 5.25. The monoisotopic (exact) mass is 332 g/mol. The van der Waals surface area contributed by atoms with E-state index in [4.69, 9.17) is 0 Å². The Morgan fingerprint density at radius 3 is 2.35 bits per heavy atom. The van der Waals surface area contributed by atoms with Crippen LogP contribution in [-0.4, -0.2) is 38.5 Å². The number of rotatable bonds is 7. The molecule has 0 fully saturated rings. The second kappa shape index (κ2) is 8.52. The van der Waals surface area contributed by atoms with Crippen LogP contribution in [0.2, 0.25) is 0 Å². The van der Waals surface area contributed by atoms with Crippen LogP contribution < -0.4 is 15.5 Å². The number of anilines is 1. The van der Waals surface area contributed by atoms with E-state index in [-0.39, 0.29) is 24.7 Å². The molecular formula is C15H21F3N3O2+. The first kappa shape index (κ1) is 19.0. The fourth-order valence-electron chi connectivity index (χ4n) is 1.97. The Morgan fingerprint density at radius 2 is 1.74 bits per heavy atom. The van der Waals surface area contributed by atoms with Crippen molar-refractivity contribution in [1.29, 1.82) is 0 Å². The molecule has 8 heteroatoms. The molecule has 1 rings (SSSR count). The number of carbonyl (C=O) groups is 2. The van der Waals surface area contributed by atoms with Crippen molar-refractivity contribution in [3.63, 3.8) is 0 Å². The number of amides is 2. The first-order valence-electron chi connectivity index (χ1n) is 7.28. The summed E-state index contributed by atoms with van der Waals surface area (Å²) in [6.07, 6.45) is -3.73. The minimum Gasteiger partial charge on any atom is -0.351 e.